The summed E-state index contributed by atoms with van der Waals surface area (Å²) >= 11 is 1.63. The molecule has 0 aliphatic heterocycles. The van der Waals surface area contributed by atoms with Gasteiger partial charge in [-0.3, -0.25) is 0 Å². The lowest BCUT2D eigenvalue weighted by Gasteiger charge is -2.22. The summed E-state index contributed by atoms with van der Waals surface area (Å²) in [4.78, 5) is 14.9. The van der Waals surface area contributed by atoms with Gasteiger partial charge in [0.15, 0.2) is 0 Å². The van der Waals surface area contributed by atoms with Crippen LogP contribution in [0.25, 0.3) is 11.3 Å². The number of aldehydes is 1. The van der Waals surface area contributed by atoms with E-state index in [1.807, 2.05) is 61.9 Å². The second-order valence-corrected chi connectivity index (χ2v) is 9.96. The molecule has 0 fully saturated rings. The van der Waals surface area contributed by atoms with Gasteiger partial charge in [0.05, 0.1) is 18.3 Å². The number of hydrogen-bond acceptors (Lipinski definition) is 8. The number of rotatable bonds is 12. The second-order valence-electron chi connectivity index (χ2n) is 8.89. The molecule has 0 aliphatic rings. The minimum atomic E-state index is -0.365. The molecular weight excluding hydrogens is 460 g/mol. The van der Waals surface area contributed by atoms with E-state index in [0.29, 0.717) is 41.7 Å². The summed E-state index contributed by atoms with van der Waals surface area (Å²) in [5.74, 6) is 2.80. The standard InChI is InChI=1S/C26H32N6O2S/c1-5-35-31-20-11-9-19(10-12-20)24-22(17-27)25(32(30-24)26(2,3)4)29-23-14-13-21(18-28-23)34-16-8-6-7-15-33/h9-15,18,31H,5-8,16H2,1-4H3,(H,28,29). The molecule has 0 unspecified atom stereocenters. The van der Waals surface area contributed by atoms with Crippen LogP contribution in [-0.4, -0.2) is 33.4 Å². The number of unbranched alkanes of at least 4 members (excludes halogenated alkanes) is 2. The molecule has 9 heteroatoms. The zero-order chi connectivity index (χ0) is 25.3. The molecule has 0 amide bonds. The number of carbonyl (C=O) groups excluding carboxylic acids is 1. The maximum Gasteiger partial charge on any atom is 0.149 e. The Morgan fingerprint density at radius 3 is 2.54 bits per heavy atom. The highest BCUT2D eigenvalue weighted by molar-refractivity contribution is 8.00. The van der Waals surface area contributed by atoms with E-state index >= 15 is 0 Å². The quantitative estimate of drug-likeness (QED) is 0.176. The van der Waals surface area contributed by atoms with Crippen LogP contribution in [0.3, 0.4) is 0 Å². The van der Waals surface area contributed by atoms with Gasteiger partial charge in [-0.05, 0) is 57.9 Å². The summed E-state index contributed by atoms with van der Waals surface area (Å²) in [5.41, 5.74) is 2.58. The predicted octanol–water partition coefficient (Wildman–Crippen LogP) is 6.14. The molecular formula is C26H32N6O2S. The second kappa shape index (κ2) is 12.3. The van der Waals surface area contributed by atoms with Crippen LogP contribution in [0.5, 0.6) is 5.75 Å². The molecule has 3 aromatic rings. The Hall–Kier alpha value is -3.51. The van der Waals surface area contributed by atoms with Crippen molar-refractivity contribution in [2.75, 3.05) is 22.4 Å². The fourth-order valence-electron chi connectivity index (χ4n) is 3.36. The van der Waals surface area contributed by atoms with Crippen LogP contribution >= 0.6 is 11.9 Å². The molecule has 2 aromatic heterocycles. The molecule has 0 radical (unpaired) electrons. The van der Waals surface area contributed by atoms with E-state index in [0.717, 1.165) is 36.1 Å². The van der Waals surface area contributed by atoms with Gasteiger partial charge in [-0.1, -0.05) is 31.0 Å². The fourth-order valence-corrected chi connectivity index (χ4v) is 3.81. The summed E-state index contributed by atoms with van der Waals surface area (Å²) in [6.45, 7) is 8.75. The van der Waals surface area contributed by atoms with Gasteiger partial charge in [0.2, 0.25) is 0 Å². The molecule has 2 heterocycles. The first-order chi connectivity index (χ1) is 16.9. The van der Waals surface area contributed by atoms with E-state index in [2.05, 4.69) is 28.0 Å². The lowest BCUT2D eigenvalue weighted by Crippen LogP contribution is -2.24. The third-order valence-electron chi connectivity index (χ3n) is 5.09. The Balaban J connectivity index is 1.84. The number of nitrogens with one attached hydrogen (secondary N) is 2. The van der Waals surface area contributed by atoms with Gasteiger partial charge in [-0.2, -0.15) is 10.4 Å². The third-order valence-corrected chi connectivity index (χ3v) is 5.76. The number of aromatic nitrogens is 3. The van der Waals surface area contributed by atoms with Gasteiger partial charge in [0.1, 0.15) is 41.0 Å². The third kappa shape index (κ3) is 6.99. The molecule has 2 N–H and O–H groups in total. The number of anilines is 3. The molecule has 184 valence electrons. The average Bonchev–Trinajstić information content (AvgIpc) is 3.22. The molecule has 3 rings (SSSR count). The monoisotopic (exact) mass is 492 g/mol. The number of nitriles is 1. The Labute approximate surface area is 211 Å². The molecule has 35 heavy (non-hydrogen) atoms. The highest BCUT2D eigenvalue weighted by atomic mass is 32.2. The molecule has 0 atom stereocenters. The minimum Gasteiger partial charge on any atom is -0.492 e. The van der Waals surface area contributed by atoms with Gasteiger partial charge in [0.25, 0.3) is 0 Å². The average molecular weight is 493 g/mol. The van der Waals surface area contributed by atoms with Gasteiger partial charge in [-0.25, -0.2) is 9.67 Å². The molecule has 8 nitrogen and oxygen atoms in total. The van der Waals surface area contributed by atoms with E-state index in [4.69, 9.17) is 9.84 Å². The maximum absolute atomic E-state index is 10.4. The van der Waals surface area contributed by atoms with Crippen LogP contribution < -0.4 is 14.8 Å². The Morgan fingerprint density at radius 1 is 1.17 bits per heavy atom. The largest absolute Gasteiger partial charge is 0.492 e. The van der Waals surface area contributed by atoms with Crippen LogP contribution in [0.2, 0.25) is 0 Å². The summed E-state index contributed by atoms with van der Waals surface area (Å²) in [7, 11) is 0. The highest BCUT2D eigenvalue weighted by Gasteiger charge is 2.26. The predicted molar refractivity (Wildman–Crippen MR) is 142 cm³/mol. The Morgan fingerprint density at radius 2 is 1.94 bits per heavy atom. The van der Waals surface area contributed by atoms with E-state index < -0.39 is 0 Å². The fraction of sp³-hybridized carbons (Fsp3) is 0.385. The van der Waals surface area contributed by atoms with E-state index in [1.54, 1.807) is 18.1 Å². The van der Waals surface area contributed by atoms with Gasteiger partial charge < -0.3 is 19.6 Å². The summed E-state index contributed by atoms with van der Waals surface area (Å²) < 4.78 is 10.8. The first-order valence-corrected chi connectivity index (χ1v) is 12.7. The topological polar surface area (TPSA) is 105 Å². The number of pyridine rings is 1. The molecule has 0 saturated carbocycles. The van der Waals surface area contributed by atoms with Crippen molar-refractivity contribution in [1.29, 1.82) is 5.26 Å². The number of carbonyl (C=O) groups is 1. The summed E-state index contributed by atoms with van der Waals surface area (Å²) in [6, 6.07) is 13.9. The SMILES string of the molecule is CCSNc1ccc(-c2nn(C(C)(C)C)c(Nc3ccc(OCCCCC=O)cn3)c2C#N)cc1. The van der Waals surface area contributed by atoms with Crippen LogP contribution in [0.15, 0.2) is 42.6 Å². The van der Waals surface area contributed by atoms with Crippen LogP contribution in [0, 0.1) is 11.3 Å². The number of benzene rings is 1. The van der Waals surface area contributed by atoms with Crippen LogP contribution in [0.4, 0.5) is 17.3 Å². The highest BCUT2D eigenvalue weighted by Crippen LogP contribution is 2.34. The van der Waals surface area contributed by atoms with Crippen molar-refractivity contribution in [3.8, 4) is 23.1 Å². The molecule has 1 aromatic carbocycles. The zero-order valence-corrected chi connectivity index (χ0v) is 21.5. The molecule has 0 spiro atoms. The van der Waals surface area contributed by atoms with E-state index in [-0.39, 0.29) is 5.54 Å². The molecule has 0 saturated heterocycles. The first kappa shape index (κ1) is 26.1. The normalized spacial score (nSPS) is 11.1. The van der Waals surface area contributed by atoms with Crippen molar-refractivity contribution in [3.05, 3.63) is 48.2 Å². The van der Waals surface area contributed by atoms with Crippen LogP contribution in [0.1, 0.15) is 52.5 Å². The van der Waals surface area contributed by atoms with Crippen molar-refractivity contribution in [2.45, 2.75) is 52.5 Å². The van der Waals surface area contributed by atoms with Crippen molar-refractivity contribution in [3.63, 3.8) is 0 Å². The zero-order valence-electron chi connectivity index (χ0n) is 20.7. The number of ether oxygens (including phenoxy) is 1. The molecule has 0 aliphatic carbocycles. The van der Waals surface area contributed by atoms with Crippen molar-refractivity contribution >= 4 is 35.6 Å². The van der Waals surface area contributed by atoms with Gasteiger partial charge in [-0.15, -0.1) is 0 Å². The first-order valence-electron chi connectivity index (χ1n) is 11.7. The van der Waals surface area contributed by atoms with E-state index in [1.165, 1.54) is 0 Å². The smallest absolute Gasteiger partial charge is 0.149 e. The van der Waals surface area contributed by atoms with Crippen molar-refractivity contribution < 1.29 is 9.53 Å². The lowest BCUT2D eigenvalue weighted by molar-refractivity contribution is -0.107. The number of hydrogen-bond donors (Lipinski definition) is 2. The maximum atomic E-state index is 10.4. The summed E-state index contributed by atoms with van der Waals surface area (Å²) in [6.07, 6.45) is 4.74. The van der Waals surface area contributed by atoms with Gasteiger partial charge in [0, 0.05) is 23.4 Å². The Bertz CT molecular complexity index is 1140. The van der Waals surface area contributed by atoms with Crippen molar-refractivity contribution in [2.24, 2.45) is 0 Å². The van der Waals surface area contributed by atoms with E-state index in [9.17, 15) is 10.1 Å². The van der Waals surface area contributed by atoms with Crippen molar-refractivity contribution in [1.82, 2.24) is 14.8 Å². The minimum absolute atomic E-state index is 0.365. The summed E-state index contributed by atoms with van der Waals surface area (Å²) in [5, 5.41) is 18.2. The Kier molecular flexibility index (Phi) is 9.15. The number of nitrogens with zero attached hydrogens (tertiary/aromatic N) is 4. The molecule has 0 bridgehead atoms. The van der Waals surface area contributed by atoms with Gasteiger partial charge >= 0.3 is 0 Å². The lowest BCUT2D eigenvalue weighted by atomic mass is 10.1. The van der Waals surface area contributed by atoms with Crippen LogP contribution in [-0.2, 0) is 10.3 Å².